The first-order valence-electron chi connectivity index (χ1n) is 6.04. The van der Waals surface area contributed by atoms with Crippen molar-refractivity contribution in [2.45, 2.75) is 20.0 Å². The summed E-state index contributed by atoms with van der Waals surface area (Å²) in [6, 6.07) is 8.21. The number of carbonyl (C=O) groups is 1. The van der Waals surface area contributed by atoms with E-state index in [-0.39, 0.29) is 12.2 Å². The van der Waals surface area contributed by atoms with E-state index in [1.165, 1.54) is 5.69 Å². The van der Waals surface area contributed by atoms with E-state index in [1.54, 1.807) is 0 Å². The third kappa shape index (κ3) is 2.52. The monoisotopic (exact) mass is 234 g/mol. The van der Waals surface area contributed by atoms with E-state index in [0.29, 0.717) is 6.54 Å². The average Bonchev–Trinajstić information content (AvgIpc) is 2.78. The third-order valence-electron chi connectivity index (χ3n) is 3.07. The molecule has 0 aliphatic carbocycles. The number of nitrogens with zero attached hydrogens (tertiary/aromatic N) is 1. The molecule has 92 valence electrons. The van der Waals surface area contributed by atoms with Crippen molar-refractivity contribution >= 4 is 11.8 Å². The van der Waals surface area contributed by atoms with Gasteiger partial charge in [0.2, 0.25) is 0 Å². The third-order valence-corrected chi connectivity index (χ3v) is 3.07. The molecule has 1 aromatic rings. The van der Waals surface area contributed by atoms with Gasteiger partial charge in [0.15, 0.2) is 0 Å². The summed E-state index contributed by atoms with van der Waals surface area (Å²) in [4.78, 5) is 13.2. The Balaban J connectivity index is 2.10. The van der Waals surface area contributed by atoms with Gasteiger partial charge in [0.25, 0.3) is 0 Å². The molecule has 0 radical (unpaired) electrons. The van der Waals surface area contributed by atoms with Gasteiger partial charge in [0.1, 0.15) is 6.10 Å². The minimum Gasteiger partial charge on any atom is -0.439 e. The molecule has 0 saturated carbocycles. The zero-order valence-electron chi connectivity index (χ0n) is 10.3. The van der Waals surface area contributed by atoms with Crippen molar-refractivity contribution in [3.05, 3.63) is 29.8 Å². The highest BCUT2D eigenvalue weighted by Crippen LogP contribution is 2.23. The van der Waals surface area contributed by atoms with Crippen LogP contribution in [0.5, 0.6) is 0 Å². The maximum atomic E-state index is 11.0. The lowest BCUT2D eigenvalue weighted by molar-refractivity contribution is 0.141. The minimum absolute atomic E-state index is 0.145. The van der Waals surface area contributed by atoms with Crippen LogP contribution < -0.4 is 10.2 Å². The Labute approximate surface area is 102 Å². The van der Waals surface area contributed by atoms with Crippen molar-refractivity contribution < 1.29 is 9.53 Å². The van der Waals surface area contributed by atoms with Gasteiger partial charge >= 0.3 is 6.09 Å². The molecular weight excluding hydrogens is 216 g/mol. The second-order valence-electron chi connectivity index (χ2n) is 4.04. The first-order chi connectivity index (χ1) is 8.24. The van der Waals surface area contributed by atoms with E-state index in [4.69, 9.17) is 4.74 Å². The number of hydrogen-bond donors (Lipinski definition) is 1. The largest absolute Gasteiger partial charge is 0.439 e. The molecule has 0 bridgehead atoms. The molecule has 1 unspecified atom stereocenters. The van der Waals surface area contributed by atoms with Crippen LogP contribution in [-0.4, -0.2) is 25.7 Å². The van der Waals surface area contributed by atoms with Crippen molar-refractivity contribution in [1.29, 1.82) is 0 Å². The number of hydrogen-bond acceptors (Lipinski definition) is 3. The lowest BCUT2D eigenvalue weighted by Crippen LogP contribution is -2.21. The van der Waals surface area contributed by atoms with E-state index in [0.717, 1.165) is 18.7 Å². The van der Waals surface area contributed by atoms with E-state index < -0.39 is 0 Å². The summed E-state index contributed by atoms with van der Waals surface area (Å²) in [5.74, 6) is 0. The number of cyclic esters (lactones) is 1. The highest BCUT2D eigenvalue weighted by Gasteiger charge is 2.23. The normalized spacial score (nSPS) is 18.7. The zero-order chi connectivity index (χ0) is 12.3. The SMILES string of the molecule is CCN(CC)c1ccc(C2CNC(=O)O2)cc1. The molecule has 0 aromatic heterocycles. The number of benzene rings is 1. The molecular formula is C13H18N2O2. The number of amides is 1. The molecule has 1 aromatic carbocycles. The highest BCUT2D eigenvalue weighted by molar-refractivity contribution is 5.69. The molecule has 1 saturated heterocycles. The Hall–Kier alpha value is -1.71. The highest BCUT2D eigenvalue weighted by atomic mass is 16.6. The van der Waals surface area contributed by atoms with Crippen LogP contribution in [0.4, 0.5) is 10.5 Å². The molecule has 1 aliphatic heterocycles. The lowest BCUT2D eigenvalue weighted by Gasteiger charge is -2.21. The van der Waals surface area contributed by atoms with Gasteiger partial charge in [-0.1, -0.05) is 12.1 Å². The fourth-order valence-electron chi connectivity index (χ4n) is 2.06. The first-order valence-corrected chi connectivity index (χ1v) is 6.04. The average molecular weight is 234 g/mol. The van der Waals surface area contributed by atoms with Gasteiger partial charge < -0.3 is 15.0 Å². The molecule has 1 fully saturated rings. The predicted molar refractivity (Wildman–Crippen MR) is 67.2 cm³/mol. The number of ether oxygens (including phenoxy) is 1. The molecule has 2 rings (SSSR count). The maximum absolute atomic E-state index is 11.0. The van der Waals surface area contributed by atoms with Crippen LogP contribution in [0.1, 0.15) is 25.5 Å². The summed E-state index contributed by atoms with van der Waals surface area (Å²) >= 11 is 0. The topological polar surface area (TPSA) is 41.6 Å². The van der Waals surface area contributed by atoms with Crippen molar-refractivity contribution in [2.75, 3.05) is 24.5 Å². The lowest BCUT2D eigenvalue weighted by atomic mass is 10.1. The molecule has 0 spiro atoms. The van der Waals surface area contributed by atoms with Crippen LogP contribution in [0.25, 0.3) is 0 Å². The van der Waals surface area contributed by atoms with Crippen LogP contribution in [0.2, 0.25) is 0 Å². The zero-order valence-corrected chi connectivity index (χ0v) is 10.3. The molecule has 1 heterocycles. The first kappa shape index (κ1) is 11.8. The Bertz CT molecular complexity index is 385. The van der Waals surface area contributed by atoms with Gasteiger partial charge in [-0.05, 0) is 31.5 Å². The van der Waals surface area contributed by atoms with E-state index in [2.05, 4.69) is 36.2 Å². The van der Waals surface area contributed by atoms with E-state index in [1.807, 2.05) is 12.1 Å². The van der Waals surface area contributed by atoms with Crippen LogP contribution in [0.15, 0.2) is 24.3 Å². The Morgan fingerprint density at radius 2 is 1.94 bits per heavy atom. The molecule has 1 N–H and O–H groups in total. The maximum Gasteiger partial charge on any atom is 0.407 e. The Morgan fingerprint density at radius 3 is 2.41 bits per heavy atom. The summed E-state index contributed by atoms with van der Waals surface area (Å²) in [5.41, 5.74) is 2.25. The summed E-state index contributed by atoms with van der Waals surface area (Å²) < 4.78 is 5.14. The standard InChI is InChI=1S/C13H18N2O2/c1-3-15(4-2)11-7-5-10(6-8-11)12-9-14-13(16)17-12/h5-8,12H,3-4,9H2,1-2H3,(H,14,16). The van der Waals surface area contributed by atoms with E-state index >= 15 is 0 Å². The van der Waals surface area contributed by atoms with Crippen molar-refractivity contribution in [1.82, 2.24) is 5.32 Å². The van der Waals surface area contributed by atoms with Crippen LogP contribution in [-0.2, 0) is 4.74 Å². The van der Waals surface area contributed by atoms with Crippen LogP contribution in [0, 0.1) is 0 Å². The van der Waals surface area contributed by atoms with Crippen LogP contribution >= 0.6 is 0 Å². The summed E-state index contributed by atoms with van der Waals surface area (Å²) in [6.07, 6.45) is -0.476. The van der Waals surface area contributed by atoms with Gasteiger partial charge in [0, 0.05) is 18.8 Å². The predicted octanol–water partition coefficient (Wildman–Crippen LogP) is 2.31. The minimum atomic E-state index is -0.331. The van der Waals surface area contributed by atoms with Crippen molar-refractivity contribution in [2.24, 2.45) is 0 Å². The Kier molecular flexibility index (Phi) is 3.52. The van der Waals surface area contributed by atoms with Gasteiger partial charge in [-0.3, -0.25) is 0 Å². The summed E-state index contributed by atoms with van der Waals surface area (Å²) in [5, 5.41) is 2.66. The van der Waals surface area contributed by atoms with Gasteiger partial charge in [-0.25, -0.2) is 4.79 Å². The molecule has 1 aliphatic rings. The fourth-order valence-corrected chi connectivity index (χ4v) is 2.06. The number of nitrogens with one attached hydrogen (secondary N) is 1. The number of carbonyl (C=O) groups excluding carboxylic acids is 1. The molecule has 4 heteroatoms. The molecule has 17 heavy (non-hydrogen) atoms. The number of alkyl carbamates (subject to hydrolysis) is 1. The van der Waals surface area contributed by atoms with E-state index in [9.17, 15) is 4.79 Å². The molecule has 1 amide bonds. The van der Waals surface area contributed by atoms with Gasteiger partial charge in [-0.15, -0.1) is 0 Å². The second kappa shape index (κ2) is 5.08. The molecule has 4 nitrogen and oxygen atoms in total. The fraction of sp³-hybridized carbons (Fsp3) is 0.462. The quantitative estimate of drug-likeness (QED) is 0.869. The summed E-state index contributed by atoms with van der Waals surface area (Å²) in [7, 11) is 0. The smallest absolute Gasteiger partial charge is 0.407 e. The molecule has 1 atom stereocenters. The van der Waals surface area contributed by atoms with Crippen LogP contribution in [0.3, 0.4) is 0 Å². The second-order valence-corrected chi connectivity index (χ2v) is 4.04. The summed E-state index contributed by atoms with van der Waals surface area (Å²) in [6.45, 7) is 6.83. The number of rotatable bonds is 4. The Morgan fingerprint density at radius 1 is 1.29 bits per heavy atom. The van der Waals surface area contributed by atoms with Crippen molar-refractivity contribution in [3.63, 3.8) is 0 Å². The van der Waals surface area contributed by atoms with Crippen molar-refractivity contribution in [3.8, 4) is 0 Å². The van der Waals surface area contributed by atoms with Gasteiger partial charge in [-0.2, -0.15) is 0 Å². The number of anilines is 1. The van der Waals surface area contributed by atoms with Gasteiger partial charge in [0.05, 0.1) is 6.54 Å².